The van der Waals surface area contributed by atoms with Gasteiger partial charge in [0.2, 0.25) is 10.0 Å². The maximum atomic E-state index is 13.0. The number of nitrogens with zero attached hydrogens (tertiary/aromatic N) is 2. The minimum atomic E-state index is -3.56. The molecular weight excluding hydrogens is 346 g/mol. The second-order valence-electron chi connectivity index (χ2n) is 6.14. The molecule has 1 aromatic carbocycles. The average molecular weight is 367 g/mol. The minimum Gasteiger partial charge on any atom is -0.334 e. The van der Waals surface area contributed by atoms with Crippen molar-refractivity contribution in [1.29, 1.82) is 0 Å². The fourth-order valence-corrected chi connectivity index (χ4v) is 5.87. The highest BCUT2D eigenvalue weighted by atomic mass is 32.2. The molecule has 0 spiro atoms. The fraction of sp³-hybridized carbons (Fsp3) is 0.438. The lowest BCUT2D eigenvalue weighted by Gasteiger charge is -2.32. The minimum absolute atomic E-state index is 0.159. The summed E-state index contributed by atoms with van der Waals surface area (Å²) >= 11 is 1.44. The predicted octanol–water partition coefficient (Wildman–Crippen LogP) is 2.33. The van der Waals surface area contributed by atoms with Crippen LogP contribution in [0.3, 0.4) is 0 Å². The number of amides is 2. The van der Waals surface area contributed by atoms with Crippen LogP contribution >= 0.6 is 11.3 Å². The van der Waals surface area contributed by atoms with E-state index in [2.05, 4.69) is 5.32 Å². The van der Waals surface area contributed by atoms with Crippen molar-refractivity contribution in [3.63, 3.8) is 0 Å². The number of benzene rings is 1. The van der Waals surface area contributed by atoms with Crippen molar-refractivity contribution in [3.05, 3.63) is 29.6 Å². The molecule has 8 heteroatoms. The SMILES string of the molecule is CN(C)C(=O)NC1CCCN(S(=O)(=O)c2csc3ccccc23)C1. The van der Waals surface area contributed by atoms with Crippen molar-refractivity contribution in [1.82, 2.24) is 14.5 Å². The van der Waals surface area contributed by atoms with Crippen LogP contribution < -0.4 is 5.32 Å². The smallest absolute Gasteiger partial charge is 0.317 e. The Labute approximate surface area is 146 Å². The third kappa shape index (κ3) is 3.26. The molecule has 1 atom stereocenters. The summed E-state index contributed by atoms with van der Waals surface area (Å²) in [5, 5.41) is 5.36. The number of rotatable bonds is 3. The summed E-state index contributed by atoms with van der Waals surface area (Å²) in [6.45, 7) is 0.799. The Morgan fingerprint density at radius 2 is 2.08 bits per heavy atom. The highest BCUT2D eigenvalue weighted by molar-refractivity contribution is 7.89. The van der Waals surface area contributed by atoms with Gasteiger partial charge in [0.15, 0.2) is 0 Å². The molecule has 130 valence electrons. The number of nitrogens with one attached hydrogen (secondary N) is 1. The summed E-state index contributed by atoms with van der Waals surface area (Å²) in [6, 6.07) is 7.17. The van der Waals surface area contributed by atoms with E-state index < -0.39 is 10.0 Å². The maximum Gasteiger partial charge on any atom is 0.317 e. The van der Waals surface area contributed by atoms with Crippen molar-refractivity contribution in [3.8, 4) is 0 Å². The van der Waals surface area contributed by atoms with Gasteiger partial charge in [-0.3, -0.25) is 0 Å². The molecule has 2 heterocycles. The van der Waals surface area contributed by atoms with Gasteiger partial charge in [-0.25, -0.2) is 13.2 Å². The molecular formula is C16H21N3O3S2. The fourth-order valence-electron chi connectivity index (χ4n) is 2.87. The van der Waals surface area contributed by atoms with Gasteiger partial charge in [-0.1, -0.05) is 18.2 Å². The molecule has 1 fully saturated rings. The Hall–Kier alpha value is -1.64. The predicted molar refractivity (Wildman–Crippen MR) is 95.8 cm³/mol. The Bertz CT molecular complexity index is 845. The number of hydrogen-bond acceptors (Lipinski definition) is 4. The van der Waals surface area contributed by atoms with E-state index in [1.165, 1.54) is 20.5 Å². The van der Waals surface area contributed by atoms with Crippen LogP contribution in [0.5, 0.6) is 0 Å². The number of sulfonamides is 1. The summed E-state index contributed by atoms with van der Waals surface area (Å²) in [4.78, 5) is 13.6. The van der Waals surface area contributed by atoms with Crippen LogP contribution in [0.2, 0.25) is 0 Å². The molecule has 2 aromatic rings. The van der Waals surface area contributed by atoms with E-state index in [9.17, 15) is 13.2 Å². The highest BCUT2D eigenvalue weighted by Crippen LogP contribution is 2.32. The molecule has 3 rings (SSSR count). The Morgan fingerprint density at radius 3 is 2.83 bits per heavy atom. The van der Waals surface area contributed by atoms with Crippen LogP contribution in [0.1, 0.15) is 12.8 Å². The number of carbonyl (C=O) groups excluding carboxylic acids is 1. The molecule has 1 aliphatic heterocycles. The van der Waals surface area contributed by atoms with Crippen LogP contribution in [0, 0.1) is 0 Å². The summed E-state index contributed by atoms with van der Waals surface area (Å²) < 4.78 is 28.5. The molecule has 0 bridgehead atoms. The lowest BCUT2D eigenvalue weighted by atomic mass is 10.1. The number of piperidine rings is 1. The first-order valence-corrected chi connectivity index (χ1v) is 10.2. The summed E-state index contributed by atoms with van der Waals surface area (Å²) in [5.41, 5.74) is 0. The second kappa shape index (κ2) is 6.70. The molecule has 0 radical (unpaired) electrons. The molecule has 1 unspecified atom stereocenters. The first-order valence-electron chi connectivity index (χ1n) is 7.84. The zero-order valence-corrected chi connectivity index (χ0v) is 15.4. The third-order valence-electron chi connectivity index (χ3n) is 4.18. The molecule has 24 heavy (non-hydrogen) atoms. The normalized spacial score (nSPS) is 19.3. The van der Waals surface area contributed by atoms with Gasteiger partial charge in [0, 0.05) is 48.7 Å². The number of fused-ring (bicyclic) bond motifs is 1. The Kier molecular flexibility index (Phi) is 4.80. The Morgan fingerprint density at radius 1 is 1.33 bits per heavy atom. The van der Waals surface area contributed by atoms with Gasteiger partial charge in [0.05, 0.1) is 0 Å². The van der Waals surface area contributed by atoms with E-state index in [0.717, 1.165) is 22.9 Å². The largest absolute Gasteiger partial charge is 0.334 e. The summed E-state index contributed by atoms with van der Waals surface area (Å²) in [6.07, 6.45) is 1.52. The zero-order chi connectivity index (χ0) is 17.3. The standard InChI is InChI=1S/C16H21N3O3S2/c1-18(2)16(20)17-12-6-5-9-19(10-12)24(21,22)15-11-23-14-8-4-3-7-13(14)15/h3-4,7-8,11-12H,5-6,9-10H2,1-2H3,(H,17,20). The Balaban J connectivity index is 1.83. The van der Waals surface area contributed by atoms with Crippen molar-refractivity contribution in [2.75, 3.05) is 27.2 Å². The summed E-state index contributed by atoms with van der Waals surface area (Å²) in [5.74, 6) is 0. The van der Waals surface area contributed by atoms with Crippen molar-refractivity contribution < 1.29 is 13.2 Å². The number of carbonyl (C=O) groups is 1. The first-order chi connectivity index (χ1) is 11.4. The van der Waals surface area contributed by atoms with Gasteiger partial charge in [-0.2, -0.15) is 4.31 Å². The van der Waals surface area contributed by atoms with Crippen LogP contribution in [0.25, 0.3) is 10.1 Å². The van der Waals surface area contributed by atoms with Gasteiger partial charge < -0.3 is 10.2 Å². The van der Waals surface area contributed by atoms with Gasteiger partial charge in [0.1, 0.15) is 4.90 Å². The molecule has 1 aromatic heterocycles. The van der Waals surface area contributed by atoms with Crippen molar-refractivity contribution in [2.24, 2.45) is 0 Å². The van der Waals surface area contributed by atoms with Crippen LogP contribution in [0.15, 0.2) is 34.5 Å². The third-order valence-corrected chi connectivity index (χ3v) is 7.20. The molecule has 2 amide bonds. The van der Waals surface area contributed by atoms with Gasteiger partial charge in [0.25, 0.3) is 0 Å². The van der Waals surface area contributed by atoms with E-state index in [1.807, 2.05) is 24.3 Å². The lowest BCUT2D eigenvalue weighted by molar-refractivity contribution is 0.203. The van der Waals surface area contributed by atoms with Crippen molar-refractivity contribution in [2.45, 2.75) is 23.8 Å². The molecule has 0 saturated carbocycles. The topological polar surface area (TPSA) is 69.7 Å². The quantitative estimate of drug-likeness (QED) is 0.905. The zero-order valence-electron chi connectivity index (χ0n) is 13.7. The molecule has 1 N–H and O–H groups in total. The van der Waals surface area contributed by atoms with Crippen LogP contribution in [-0.4, -0.2) is 56.9 Å². The molecule has 0 aliphatic carbocycles. The summed E-state index contributed by atoms with van der Waals surface area (Å²) in [7, 11) is -0.214. The van der Waals surface area contributed by atoms with Gasteiger partial charge in [-0.15, -0.1) is 11.3 Å². The average Bonchev–Trinajstić information content (AvgIpc) is 2.99. The molecule has 1 saturated heterocycles. The van der Waals surface area contributed by atoms with E-state index in [4.69, 9.17) is 0 Å². The molecule has 1 aliphatic rings. The number of urea groups is 1. The monoisotopic (exact) mass is 367 g/mol. The maximum absolute atomic E-state index is 13.0. The first kappa shape index (κ1) is 17.2. The highest BCUT2D eigenvalue weighted by Gasteiger charge is 2.32. The van der Waals surface area contributed by atoms with Crippen molar-refractivity contribution >= 4 is 37.5 Å². The van der Waals surface area contributed by atoms with E-state index in [-0.39, 0.29) is 12.1 Å². The van der Waals surface area contributed by atoms with Gasteiger partial charge in [-0.05, 0) is 18.9 Å². The van der Waals surface area contributed by atoms with Crippen LogP contribution in [0.4, 0.5) is 4.79 Å². The number of thiophene rings is 1. The van der Waals surface area contributed by atoms with E-state index in [0.29, 0.717) is 18.0 Å². The molecule has 6 nitrogen and oxygen atoms in total. The van der Waals surface area contributed by atoms with E-state index >= 15 is 0 Å². The lowest BCUT2D eigenvalue weighted by Crippen LogP contribution is -2.51. The number of hydrogen-bond donors (Lipinski definition) is 1. The van der Waals surface area contributed by atoms with Crippen LogP contribution in [-0.2, 0) is 10.0 Å². The van der Waals surface area contributed by atoms with E-state index in [1.54, 1.807) is 19.5 Å². The second-order valence-corrected chi connectivity index (χ2v) is 8.96. The van der Waals surface area contributed by atoms with Gasteiger partial charge >= 0.3 is 6.03 Å².